The topological polar surface area (TPSA) is 125 Å². The van der Waals surface area contributed by atoms with E-state index in [9.17, 15) is 14.4 Å². The second-order valence-corrected chi connectivity index (χ2v) is 8.63. The lowest BCUT2D eigenvalue weighted by atomic mass is 10.1. The summed E-state index contributed by atoms with van der Waals surface area (Å²) in [6, 6.07) is 19.0. The highest BCUT2D eigenvalue weighted by Gasteiger charge is 2.28. The molecule has 0 fully saturated rings. The van der Waals surface area contributed by atoms with Gasteiger partial charge in [0.15, 0.2) is 17.3 Å². The maximum atomic E-state index is 13.4. The fourth-order valence-electron chi connectivity index (χ4n) is 3.79. The highest BCUT2D eigenvalue weighted by molar-refractivity contribution is 6.32. The fraction of sp³-hybridized carbons (Fsp3) is 0.138. The molecule has 0 saturated carbocycles. The summed E-state index contributed by atoms with van der Waals surface area (Å²) in [5, 5.41) is 5.65. The van der Waals surface area contributed by atoms with Crippen LogP contribution in [0.25, 0.3) is 0 Å². The maximum Gasteiger partial charge on any atom is 0.339 e. The van der Waals surface area contributed by atoms with E-state index in [4.69, 9.17) is 35.0 Å². The van der Waals surface area contributed by atoms with Crippen LogP contribution in [-0.2, 0) is 9.53 Å². The van der Waals surface area contributed by atoms with Gasteiger partial charge in [-0.25, -0.2) is 4.79 Å². The number of carbonyl (C=O) groups excluding carboxylic acids is 3. The normalized spacial score (nSPS) is 11.2. The third kappa shape index (κ3) is 6.36. The number of nitrogens with one attached hydrogen (secondary N) is 2. The summed E-state index contributed by atoms with van der Waals surface area (Å²) in [4.78, 5) is 39.4. The summed E-state index contributed by atoms with van der Waals surface area (Å²) in [5.41, 5.74) is 0.930. The van der Waals surface area contributed by atoms with Crippen LogP contribution >= 0.6 is 11.6 Å². The second-order valence-electron chi connectivity index (χ2n) is 8.23. The Hall–Kier alpha value is -4.96. The van der Waals surface area contributed by atoms with Crippen molar-refractivity contribution < 1.29 is 37.7 Å². The van der Waals surface area contributed by atoms with Gasteiger partial charge in [-0.3, -0.25) is 9.59 Å². The molecule has 0 aliphatic heterocycles. The number of methoxy groups -OCH3 is 3. The summed E-state index contributed by atoms with van der Waals surface area (Å²) in [7, 11) is 4.25. The van der Waals surface area contributed by atoms with Crippen LogP contribution in [0.3, 0.4) is 0 Å². The van der Waals surface area contributed by atoms with Gasteiger partial charge in [0.2, 0.25) is 6.10 Å². The monoisotopic (exact) mass is 564 g/mol. The van der Waals surface area contributed by atoms with Crippen LogP contribution in [0.1, 0.15) is 32.6 Å². The SMILES string of the molecule is COc1ccc(NC(=O)[C@H](OC(=O)c2cc(NC(=O)c3ccco3)c(OC)c(OC)c2)c2ccccc2)cc1Cl. The molecule has 11 heteroatoms. The van der Waals surface area contributed by atoms with Crippen LogP contribution in [0.2, 0.25) is 5.02 Å². The average Bonchev–Trinajstić information content (AvgIpc) is 3.51. The Balaban J connectivity index is 1.63. The minimum absolute atomic E-state index is 0.00591. The Labute approximate surface area is 234 Å². The first-order chi connectivity index (χ1) is 19.3. The minimum Gasteiger partial charge on any atom is -0.495 e. The van der Waals surface area contributed by atoms with Crippen LogP contribution in [0, 0.1) is 0 Å². The molecule has 4 rings (SSSR count). The molecule has 0 bridgehead atoms. The van der Waals surface area contributed by atoms with Gasteiger partial charge in [0.05, 0.1) is 43.9 Å². The highest BCUT2D eigenvalue weighted by atomic mass is 35.5. The molecule has 10 nitrogen and oxygen atoms in total. The molecule has 1 atom stereocenters. The summed E-state index contributed by atoms with van der Waals surface area (Å²) in [5.74, 6) is -1.23. The van der Waals surface area contributed by atoms with Gasteiger partial charge in [0.25, 0.3) is 11.8 Å². The predicted octanol–water partition coefficient (Wildman–Crippen LogP) is 5.75. The average molecular weight is 565 g/mol. The number of amides is 2. The number of halogens is 1. The molecule has 0 aliphatic rings. The van der Waals surface area contributed by atoms with Gasteiger partial charge in [-0.2, -0.15) is 0 Å². The van der Waals surface area contributed by atoms with Crippen molar-refractivity contribution in [2.75, 3.05) is 32.0 Å². The molecule has 40 heavy (non-hydrogen) atoms. The lowest BCUT2D eigenvalue weighted by Gasteiger charge is -2.20. The van der Waals surface area contributed by atoms with Gasteiger partial charge < -0.3 is 34.0 Å². The van der Waals surface area contributed by atoms with Gasteiger partial charge in [0, 0.05) is 11.3 Å². The predicted molar refractivity (Wildman–Crippen MR) is 147 cm³/mol. The molecule has 1 aromatic heterocycles. The first-order valence-electron chi connectivity index (χ1n) is 11.9. The van der Waals surface area contributed by atoms with Crippen LogP contribution in [0.5, 0.6) is 17.2 Å². The van der Waals surface area contributed by atoms with Gasteiger partial charge in [-0.1, -0.05) is 41.9 Å². The Bertz CT molecular complexity index is 1510. The molecule has 0 aliphatic carbocycles. The molecule has 1 heterocycles. The lowest BCUT2D eigenvalue weighted by molar-refractivity contribution is -0.125. The summed E-state index contributed by atoms with van der Waals surface area (Å²) in [6.45, 7) is 0. The van der Waals surface area contributed by atoms with Crippen molar-refractivity contribution in [1.82, 2.24) is 0 Å². The Morgan fingerprint density at radius 2 is 1.57 bits per heavy atom. The molecule has 0 unspecified atom stereocenters. The lowest BCUT2D eigenvalue weighted by Crippen LogP contribution is -2.26. The van der Waals surface area contributed by atoms with E-state index >= 15 is 0 Å². The minimum atomic E-state index is -1.33. The van der Waals surface area contributed by atoms with E-state index < -0.39 is 23.9 Å². The van der Waals surface area contributed by atoms with Gasteiger partial charge >= 0.3 is 5.97 Å². The molecule has 0 saturated heterocycles. The number of furan rings is 1. The number of hydrogen-bond donors (Lipinski definition) is 2. The smallest absolute Gasteiger partial charge is 0.339 e. The van der Waals surface area contributed by atoms with Gasteiger partial charge in [-0.15, -0.1) is 0 Å². The number of hydrogen-bond acceptors (Lipinski definition) is 8. The molecule has 4 aromatic rings. The van der Waals surface area contributed by atoms with Crippen molar-refractivity contribution in [3.63, 3.8) is 0 Å². The van der Waals surface area contributed by atoms with Crippen LogP contribution in [-0.4, -0.2) is 39.1 Å². The zero-order chi connectivity index (χ0) is 28.6. The summed E-state index contributed by atoms with van der Waals surface area (Å²) in [6.07, 6.45) is 0.0265. The van der Waals surface area contributed by atoms with Crippen molar-refractivity contribution in [3.05, 3.63) is 101 Å². The van der Waals surface area contributed by atoms with Crippen LogP contribution in [0.4, 0.5) is 11.4 Å². The van der Waals surface area contributed by atoms with E-state index in [1.807, 2.05) is 0 Å². The van der Waals surface area contributed by atoms with Crippen molar-refractivity contribution in [2.45, 2.75) is 6.10 Å². The Morgan fingerprint density at radius 3 is 2.20 bits per heavy atom. The zero-order valence-electron chi connectivity index (χ0n) is 21.7. The molecular weight excluding hydrogens is 540 g/mol. The van der Waals surface area contributed by atoms with Crippen LogP contribution < -0.4 is 24.8 Å². The number of anilines is 2. The molecule has 206 valence electrons. The van der Waals surface area contributed by atoms with Crippen LogP contribution in [0.15, 0.2) is 83.5 Å². The van der Waals surface area contributed by atoms with E-state index in [1.54, 1.807) is 48.5 Å². The van der Waals surface area contributed by atoms with Gasteiger partial charge in [-0.05, 0) is 42.5 Å². The molecule has 2 amide bonds. The molecular formula is C29H25ClN2O8. The number of ether oxygens (including phenoxy) is 4. The maximum absolute atomic E-state index is 13.4. The largest absolute Gasteiger partial charge is 0.495 e. The summed E-state index contributed by atoms with van der Waals surface area (Å²) < 4.78 is 26.8. The van der Waals surface area contributed by atoms with E-state index in [0.717, 1.165) is 0 Å². The molecule has 2 N–H and O–H groups in total. The first kappa shape index (κ1) is 28.1. The van der Waals surface area contributed by atoms with E-state index in [2.05, 4.69) is 10.6 Å². The Morgan fingerprint density at radius 1 is 0.825 bits per heavy atom. The standard InChI is InChI=1S/C29H25ClN2O8/c1-36-22-12-11-19(16-20(22)30)31-28(34)25(17-8-5-4-6-9-17)40-29(35)18-14-21(26(38-3)24(15-18)37-2)32-27(33)23-10-7-13-39-23/h4-16,25H,1-3H3,(H,31,34)(H,32,33)/t25-/m1/s1. The quantitative estimate of drug-likeness (QED) is 0.233. The summed E-state index contributed by atoms with van der Waals surface area (Å²) >= 11 is 6.19. The second kappa shape index (κ2) is 12.7. The third-order valence-corrected chi connectivity index (χ3v) is 5.99. The van der Waals surface area contributed by atoms with Crippen molar-refractivity contribution in [3.8, 4) is 17.2 Å². The zero-order valence-corrected chi connectivity index (χ0v) is 22.5. The number of rotatable bonds is 10. The van der Waals surface area contributed by atoms with Gasteiger partial charge in [0.1, 0.15) is 5.75 Å². The number of benzene rings is 3. The fourth-order valence-corrected chi connectivity index (χ4v) is 4.05. The molecule has 0 radical (unpaired) electrons. The number of carbonyl (C=O) groups is 3. The van der Waals surface area contributed by atoms with Crippen molar-refractivity contribution >= 4 is 40.8 Å². The molecule has 0 spiro atoms. The van der Waals surface area contributed by atoms with E-state index in [-0.39, 0.29) is 28.5 Å². The first-order valence-corrected chi connectivity index (χ1v) is 12.2. The van der Waals surface area contributed by atoms with Crippen molar-refractivity contribution in [2.24, 2.45) is 0 Å². The molecule has 3 aromatic carbocycles. The number of esters is 1. The van der Waals surface area contributed by atoms with E-state index in [1.165, 1.54) is 51.9 Å². The van der Waals surface area contributed by atoms with E-state index in [0.29, 0.717) is 22.0 Å². The Kier molecular flexibility index (Phi) is 8.93. The highest BCUT2D eigenvalue weighted by Crippen LogP contribution is 2.38. The third-order valence-electron chi connectivity index (χ3n) is 5.69. The van der Waals surface area contributed by atoms with Crippen molar-refractivity contribution in [1.29, 1.82) is 0 Å².